The highest BCUT2D eigenvalue weighted by molar-refractivity contribution is 7.90. The number of nitrogens with zero attached hydrogens (tertiary/aromatic N) is 3. The molecule has 1 fully saturated rings. The number of hydrogen-bond donors (Lipinski definition) is 2. The number of sulfonamides is 1. The lowest BCUT2D eigenvalue weighted by Crippen LogP contribution is -2.54. The van der Waals surface area contributed by atoms with Gasteiger partial charge in [-0.2, -0.15) is 0 Å². The van der Waals surface area contributed by atoms with Gasteiger partial charge < -0.3 is 15.0 Å². The monoisotopic (exact) mass is 751 g/mol. The molecule has 272 valence electrons. The molecular formula is C40H38ClN5O6S. The van der Waals surface area contributed by atoms with Gasteiger partial charge >= 0.3 is 0 Å². The first-order valence-corrected chi connectivity index (χ1v) is 19.2. The van der Waals surface area contributed by atoms with Gasteiger partial charge in [0, 0.05) is 61.1 Å². The third-order valence-electron chi connectivity index (χ3n) is 9.66. The molecule has 13 heteroatoms. The largest absolute Gasteiger partial charge is 0.492 e. The van der Waals surface area contributed by atoms with Gasteiger partial charge in [0.25, 0.3) is 21.6 Å². The van der Waals surface area contributed by atoms with Crippen molar-refractivity contribution in [3.8, 4) is 16.9 Å². The number of halogens is 1. The quantitative estimate of drug-likeness (QED) is 0.0774. The minimum atomic E-state index is -4.42. The van der Waals surface area contributed by atoms with Crippen LogP contribution in [0, 0.1) is 10.1 Å². The van der Waals surface area contributed by atoms with E-state index in [4.69, 9.17) is 16.3 Å². The van der Waals surface area contributed by atoms with Crippen LogP contribution in [-0.4, -0.2) is 63.0 Å². The van der Waals surface area contributed by atoms with Crippen LogP contribution < -0.4 is 19.7 Å². The number of amides is 1. The topological polar surface area (TPSA) is 134 Å². The summed E-state index contributed by atoms with van der Waals surface area (Å²) >= 11 is 6.13. The molecule has 0 unspecified atom stereocenters. The van der Waals surface area contributed by atoms with Crippen molar-refractivity contribution in [1.82, 2.24) is 9.62 Å². The van der Waals surface area contributed by atoms with Crippen molar-refractivity contribution in [1.29, 1.82) is 0 Å². The zero-order chi connectivity index (χ0) is 37.0. The van der Waals surface area contributed by atoms with Gasteiger partial charge in [-0.05, 0) is 89.7 Å². The van der Waals surface area contributed by atoms with E-state index in [0.29, 0.717) is 16.8 Å². The lowest BCUT2D eigenvalue weighted by molar-refractivity contribution is -0.384. The molecule has 2 aliphatic rings. The molecule has 0 bridgehead atoms. The van der Waals surface area contributed by atoms with Gasteiger partial charge in [-0.15, -0.1) is 0 Å². The maximum atomic E-state index is 13.3. The van der Waals surface area contributed by atoms with E-state index in [0.717, 1.165) is 61.9 Å². The van der Waals surface area contributed by atoms with Crippen molar-refractivity contribution in [3.63, 3.8) is 0 Å². The van der Waals surface area contributed by atoms with E-state index in [-0.39, 0.29) is 24.4 Å². The molecule has 7 rings (SSSR count). The molecule has 2 N–H and O–H groups in total. The zero-order valence-electron chi connectivity index (χ0n) is 28.8. The van der Waals surface area contributed by atoms with Crippen LogP contribution in [0.25, 0.3) is 11.1 Å². The summed E-state index contributed by atoms with van der Waals surface area (Å²) in [5, 5.41) is 15.5. The van der Waals surface area contributed by atoms with Gasteiger partial charge in [0.15, 0.2) is 0 Å². The molecule has 2 aliphatic heterocycles. The van der Waals surface area contributed by atoms with Crippen molar-refractivity contribution >= 4 is 44.6 Å². The number of aryl methyl sites for hydroxylation is 1. The number of carbonyl (C=O) groups is 1. The molecule has 53 heavy (non-hydrogen) atoms. The predicted molar refractivity (Wildman–Crippen MR) is 206 cm³/mol. The second kappa shape index (κ2) is 15.7. The summed E-state index contributed by atoms with van der Waals surface area (Å²) < 4.78 is 34.2. The van der Waals surface area contributed by atoms with Crippen LogP contribution in [0.5, 0.6) is 5.75 Å². The van der Waals surface area contributed by atoms with Crippen LogP contribution >= 0.6 is 11.6 Å². The number of nitro groups is 1. The fourth-order valence-electron chi connectivity index (χ4n) is 7.06. The molecule has 1 saturated heterocycles. The van der Waals surface area contributed by atoms with Crippen molar-refractivity contribution in [2.75, 3.05) is 43.0 Å². The van der Waals surface area contributed by atoms with E-state index in [9.17, 15) is 23.3 Å². The number of carbonyl (C=O) groups excluding carboxylic acids is 1. The number of hydrogen-bond acceptors (Lipinski definition) is 9. The summed E-state index contributed by atoms with van der Waals surface area (Å²) in [5.74, 6) is -0.145. The van der Waals surface area contributed by atoms with E-state index < -0.39 is 31.4 Å². The fraction of sp³-hybridized carbons (Fsp3) is 0.225. The van der Waals surface area contributed by atoms with Gasteiger partial charge in [0.2, 0.25) is 0 Å². The summed E-state index contributed by atoms with van der Waals surface area (Å²) in [6.45, 7) is 3.90. The third kappa shape index (κ3) is 8.30. The van der Waals surface area contributed by atoms with Crippen LogP contribution in [-0.2, 0) is 23.0 Å². The Bertz CT molecular complexity index is 2240. The van der Waals surface area contributed by atoms with Gasteiger partial charge in [0.1, 0.15) is 18.0 Å². The highest BCUT2D eigenvalue weighted by Crippen LogP contribution is 2.35. The number of nitrogens with one attached hydrogen (secondary N) is 2. The lowest BCUT2D eigenvalue weighted by Gasteiger charge is -2.46. The van der Waals surface area contributed by atoms with E-state index in [2.05, 4.69) is 56.2 Å². The van der Waals surface area contributed by atoms with Gasteiger partial charge in [0.05, 0.1) is 9.82 Å². The Morgan fingerprint density at radius 2 is 1.70 bits per heavy atom. The van der Waals surface area contributed by atoms with Crippen molar-refractivity contribution in [2.45, 2.75) is 30.3 Å². The summed E-state index contributed by atoms with van der Waals surface area (Å²) in [4.78, 5) is 28.9. The highest BCUT2D eigenvalue weighted by atomic mass is 35.5. The molecule has 0 aromatic heterocycles. The lowest BCUT2D eigenvalue weighted by atomic mass is 9.92. The first-order valence-electron chi connectivity index (χ1n) is 17.4. The number of ether oxygens (including phenoxy) is 1. The zero-order valence-corrected chi connectivity index (χ0v) is 30.4. The molecule has 0 aliphatic carbocycles. The number of anilines is 2. The van der Waals surface area contributed by atoms with E-state index >= 15 is 0 Å². The maximum Gasteiger partial charge on any atom is 0.293 e. The minimum absolute atomic E-state index is 0.133. The second-order valence-electron chi connectivity index (χ2n) is 13.1. The Hall–Kier alpha value is -5.43. The SMILES string of the molecule is O=C(NS(=O)(=O)c1ccc(NCCOc2ccccc2)c([N+](=O)[O-])c1)c1ccc2c(c1)CC[C@H]1CN(Cc3ccccc3-c3ccc(Cl)cc3)CCN21. The number of nitro benzene ring substituents is 1. The summed E-state index contributed by atoms with van der Waals surface area (Å²) in [6.07, 6.45) is 1.64. The van der Waals surface area contributed by atoms with Crippen molar-refractivity contribution < 1.29 is 22.9 Å². The minimum Gasteiger partial charge on any atom is -0.492 e. The first-order chi connectivity index (χ1) is 25.6. The number of rotatable bonds is 12. The third-order valence-corrected chi connectivity index (χ3v) is 11.2. The Morgan fingerprint density at radius 1 is 0.925 bits per heavy atom. The van der Waals surface area contributed by atoms with Crippen LogP contribution in [0.3, 0.4) is 0 Å². The Kier molecular flexibility index (Phi) is 10.6. The maximum absolute atomic E-state index is 13.3. The van der Waals surface area contributed by atoms with Gasteiger partial charge in [-0.25, -0.2) is 13.1 Å². The summed E-state index contributed by atoms with van der Waals surface area (Å²) in [5.41, 5.74) is 5.52. The van der Waals surface area contributed by atoms with Crippen molar-refractivity contribution in [3.05, 3.63) is 147 Å². The molecule has 5 aromatic rings. The molecular weight excluding hydrogens is 714 g/mol. The van der Waals surface area contributed by atoms with E-state index in [1.807, 2.05) is 36.4 Å². The van der Waals surface area contributed by atoms with Gasteiger partial charge in [-0.3, -0.25) is 19.8 Å². The van der Waals surface area contributed by atoms with E-state index in [1.54, 1.807) is 24.3 Å². The first kappa shape index (κ1) is 36.0. The Morgan fingerprint density at radius 3 is 2.49 bits per heavy atom. The van der Waals surface area contributed by atoms with Crippen LogP contribution in [0.4, 0.5) is 17.1 Å². The standard InChI is InChI=1S/C40H38ClN5O6S/c41-32-14-10-28(11-15-32)36-9-5-4-6-31(36)26-44-21-22-45-33(27-44)16-12-29-24-30(13-19-38(29)45)40(47)43-53(50,51)35-17-18-37(39(25-35)46(48)49)42-20-23-52-34-7-2-1-3-8-34/h1-11,13-15,17-19,24-25,33,42H,12,16,20-23,26-27H2,(H,43,47)/t33-/m0/s1. The number of para-hydroxylation sites is 1. The highest BCUT2D eigenvalue weighted by Gasteiger charge is 2.33. The molecule has 0 radical (unpaired) electrons. The molecule has 1 amide bonds. The molecule has 0 saturated carbocycles. The van der Waals surface area contributed by atoms with Crippen LogP contribution in [0.1, 0.15) is 27.9 Å². The normalized spacial score (nSPS) is 15.6. The fourth-order valence-corrected chi connectivity index (χ4v) is 8.18. The smallest absolute Gasteiger partial charge is 0.293 e. The molecule has 2 heterocycles. The van der Waals surface area contributed by atoms with Gasteiger partial charge in [-0.1, -0.05) is 66.2 Å². The number of fused-ring (bicyclic) bond motifs is 3. The number of benzene rings is 5. The Labute approximate surface area is 313 Å². The molecule has 11 nitrogen and oxygen atoms in total. The second-order valence-corrected chi connectivity index (χ2v) is 15.2. The molecule has 5 aromatic carbocycles. The van der Waals surface area contributed by atoms with Crippen LogP contribution in [0.15, 0.2) is 120 Å². The van der Waals surface area contributed by atoms with Crippen LogP contribution in [0.2, 0.25) is 5.02 Å². The van der Waals surface area contributed by atoms with E-state index in [1.165, 1.54) is 23.3 Å². The molecule has 0 spiro atoms. The average Bonchev–Trinajstić information content (AvgIpc) is 3.17. The Balaban J connectivity index is 0.978. The average molecular weight is 752 g/mol. The molecule has 1 atom stereocenters. The predicted octanol–water partition coefficient (Wildman–Crippen LogP) is 7.16. The summed E-state index contributed by atoms with van der Waals surface area (Å²) in [7, 11) is -4.42. The summed E-state index contributed by atoms with van der Waals surface area (Å²) in [6, 6.07) is 34.6. The number of piperazine rings is 1. The van der Waals surface area contributed by atoms with Crippen molar-refractivity contribution in [2.24, 2.45) is 0 Å².